The van der Waals surface area contributed by atoms with Gasteiger partial charge in [0.05, 0.1) is 0 Å². The van der Waals surface area contributed by atoms with E-state index in [9.17, 15) is 14.7 Å². The lowest BCUT2D eigenvalue weighted by Crippen LogP contribution is -2.26. The lowest BCUT2D eigenvalue weighted by molar-refractivity contribution is -0.154. The summed E-state index contributed by atoms with van der Waals surface area (Å²) in [6.07, 6.45) is 8.63. The van der Waals surface area contributed by atoms with Crippen LogP contribution in [0.15, 0.2) is 12.7 Å². The van der Waals surface area contributed by atoms with Gasteiger partial charge in [-0.25, -0.2) is 4.79 Å². The molecule has 22 heavy (non-hydrogen) atoms. The van der Waals surface area contributed by atoms with Crippen LogP contribution in [0.25, 0.3) is 0 Å². The molecule has 1 atom stereocenters. The Morgan fingerprint density at radius 1 is 0.955 bits per heavy atom. The first-order chi connectivity index (χ1) is 10.6. The molecule has 6 nitrogen and oxygen atoms in total. The van der Waals surface area contributed by atoms with Gasteiger partial charge in [0, 0.05) is 6.42 Å². The number of carbonyl (C=O) groups is 2. The summed E-state index contributed by atoms with van der Waals surface area (Å²) in [5, 5.41) is 17.8. The summed E-state index contributed by atoms with van der Waals surface area (Å²) in [6, 6.07) is 0. The fourth-order valence-corrected chi connectivity index (χ4v) is 1.81. The molecule has 1 unspecified atom stereocenters. The lowest BCUT2D eigenvalue weighted by Gasteiger charge is -2.11. The third-order valence-corrected chi connectivity index (χ3v) is 3.04. The first-order valence-electron chi connectivity index (χ1n) is 7.81. The number of unbranched alkanes of at least 4 members (excludes halogenated alkanes) is 6. The number of hydrogen-bond acceptors (Lipinski definition) is 6. The Hall–Kier alpha value is -1.40. The van der Waals surface area contributed by atoms with Gasteiger partial charge >= 0.3 is 11.9 Å². The summed E-state index contributed by atoms with van der Waals surface area (Å²) in [4.78, 5) is 22.1. The van der Waals surface area contributed by atoms with Crippen molar-refractivity contribution in [3.05, 3.63) is 12.7 Å². The van der Waals surface area contributed by atoms with Crippen molar-refractivity contribution in [2.24, 2.45) is 0 Å². The molecule has 0 aromatic carbocycles. The Morgan fingerprint density at radius 3 is 2.09 bits per heavy atom. The average molecular weight is 316 g/mol. The molecule has 0 aromatic rings. The quantitative estimate of drug-likeness (QED) is 0.288. The van der Waals surface area contributed by atoms with Gasteiger partial charge in [0.25, 0.3) is 0 Å². The van der Waals surface area contributed by atoms with Crippen molar-refractivity contribution in [3.8, 4) is 0 Å². The number of ether oxygens (including phenoxy) is 2. The molecule has 0 radical (unpaired) electrons. The highest BCUT2D eigenvalue weighted by molar-refractivity contribution is 5.70. The van der Waals surface area contributed by atoms with Gasteiger partial charge in [0.15, 0.2) is 0 Å². The summed E-state index contributed by atoms with van der Waals surface area (Å²) in [6.45, 7) is 2.44. The monoisotopic (exact) mass is 316 g/mol. The Labute approximate surface area is 132 Å². The lowest BCUT2D eigenvalue weighted by atomic mass is 10.1. The van der Waals surface area contributed by atoms with Crippen LogP contribution in [-0.4, -0.2) is 48.1 Å². The predicted molar refractivity (Wildman–Crippen MR) is 82.1 cm³/mol. The van der Waals surface area contributed by atoms with Crippen LogP contribution in [0.3, 0.4) is 0 Å². The van der Waals surface area contributed by atoms with E-state index in [4.69, 9.17) is 9.84 Å². The summed E-state index contributed by atoms with van der Waals surface area (Å²) >= 11 is 0. The van der Waals surface area contributed by atoms with Crippen LogP contribution in [0.1, 0.15) is 51.4 Å². The molecule has 0 saturated carbocycles. The average Bonchev–Trinajstić information content (AvgIpc) is 2.53. The van der Waals surface area contributed by atoms with Gasteiger partial charge in [-0.2, -0.15) is 0 Å². The van der Waals surface area contributed by atoms with Gasteiger partial charge in [-0.15, -0.1) is 6.58 Å². The number of aliphatic hydroxyl groups excluding tert-OH is 2. The Balaban J connectivity index is 3.42. The second-order valence-corrected chi connectivity index (χ2v) is 5.13. The van der Waals surface area contributed by atoms with Crippen LogP contribution in [-0.2, 0) is 19.1 Å². The fourth-order valence-electron chi connectivity index (χ4n) is 1.81. The molecule has 0 bridgehead atoms. The molecule has 0 fully saturated rings. The number of hydrogen-bond donors (Lipinski definition) is 2. The Morgan fingerprint density at radius 2 is 1.50 bits per heavy atom. The van der Waals surface area contributed by atoms with E-state index < -0.39 is 18.7 Å². The summed E-state index contributed by atoms with van der Waals surface area (Å²) < 4.78 is 9.38. The van der Waals surface area contributed by atoms with Crippen molar-refractivity contribution in [2.45, 2.75) is 57.5 Å². The van der Waals surface area contributed by atoms with Crippen molar-refractivity contribution in [1.82, 2.24) is 0 Å². The van der Waals surface area contributed by atoms with Gasteiger partial charge in [-0.3, -0.25) is 4.79 Å². The summed E-state index contributed by atoms with van der Waals surface area (Å²) in [5.74, 6) is -1.18. The molecule has 2 N–H and O–H groups in total. The van der Waals surface area contributed by atoms with E-state index in [1.807, 2.05) is 6.08 Å². The molecule has 0 amide bonds. The van der Waals surface area contributed by atoms with Gasteiger partial charge in [0.2, 0.25) is 0 Å². The number of carbonyl (C=O) groups excluding carboxylic acids is 2. The normalized spacial score (nSPS) is 11.7. The van der Waals surface area contributed by atoms with Gasteiger partial charge in [-0.1, -0.05) is 31.8 Å². The molecule has 128 valence electrons. The first kappa shape index (κ1) is 20.6. The summed E-state index contributed by atoms with van der Waals surface area (Å²) in [5.41, 5.74) is 0. The maximum atomic E-state index is 11.4. The van der Waals surface area contributed by atoms with Crippen molar-refractivity contribution in [3.63, 3.8) is 0 Å². The van der Waals surface area contributed by atoms with E-state index in [0.717, 1.165) is 32.1 Å². The van der Waals surface area contributed by atoms with E-state index in [0.29, 0.717) is 6.42 Å². The second-order valence-electron chi connectivity index (χ2n) is 5.13. The highest BCUT2D eigenvalue weighted by Crippen LogP contribution is 2.09. The van der Waals surface area contributed by atoms with Crippen LogP contribution in [0.5, 0.6) is 0 Å². The van der Waals surface area contributed by atoms with Gasteiger partial charge < -0.3 is 19.7 Å². The SMILES string of the molecule is C=CCCCCCCCCC(=O)OCC(O)COC(=O)CO. The van der Waals surface area contributed by atoms with Crippen LogP contribution < -0.4 is 0 Å². The second kappa shape index (κ2) is 14.5. The van der Waals surface area contributed by atoms with Crippen LogP contribution in [0.4, 0.5) is 0 Å². The smallest absolute Gasteiger partial charge is 0.331 e. The summed E-state index contributed by atoms with van der Waals surface area (Å²) in [7, 11) is 0. The minimum Gasteiger partial charge on any atom is -0.463 e. The zero-order valence-corrected chi connectivity index (χ0v) is 13.2. The molecule has 0 heterocycles. The topological polar surface area (TPSA) is 93.1 Å². The molecule has 0 saturated heterocycles. The molecule has 0 aliphatic heterocycles. The molecule has 0 aliphatic rings. The molecular weight excluding hydrogens is 288 g/mol. The van der Waals surface area contributed by atoms with E-state index in [1.165, 1.54) is 12.8 Å². The predicted octanol–water partition coefficient (Wildman–Crippen LogP) is 1.73. The molecule has 0 aromatic heterocycles. The molecular formula is C16H28O6. The first-order valence-corrected chi connectivity index (χ1v) is 7.81. The zero-order valence-electron chi connectivity index (χ0n) is 13.2. The maximum Gasteiger partial charge on any atom is 0.331 e. The highest BCUT2D eigenvalue weighted by Gasteiger charge is 2.11. The van der Waals surface area contributed by atoms with Crippen LogP contribution in [0, 0.1) is 0 Å². The van der Waals surface area contributed by atoms with Crippen LogP contribution in [0.2, 0.25) is 0 Å². The molecule has 0 aliphatic carbocycles. The van der Waals surface area contributed by atoms with Crippen molar-refractivity contribution in [2.75, 3.05) is 19.8 Å². The third kappa shape index (κ3) is 13.6. The van der Waals surface area contributed by atoms with Crippen LogP contribution >= 0.6 is 0 Å². The minimum atomic E-state index is -1.07. The largest absolute Gasteiger partial charge is 0.463 e. The zero-order chi connectivity index (χ0) is 16.6. The Bertz CT molecular complexity index is 316. The molecule has 6 heteroatoms. The van der Waals surface area contributed by atoms with E-state index in [1.54, 1.807) is 0 Å². The minimum absolute atomic E-state index is 0.209. The number of allylic oxidation sites excluding steroid dienone is 1. The van der Waals surface area contributed by atoms with E-state index >= 15 is 0 Å². The molecule has 0 rings (SSSR count). The standard InChI is InChI=1S/C16H28O6/c1-2-3-4-5-6-7-8-9-10-15(19)21-12-14(18)13-22-16(20)11-17/h2,14,17-18H,1,3-13H2. The van der Waals surface area contributed by atoms with Crippen molar-refractivity contribution < 1.29 is 29.3 Å². The van der Waals surface area contributed by atoms with Gasteiger partial charge in [0.1, 0.15) is 25.9 Å². The number of rotatable bonds is 14. The highest BCUT2D eigenvalue weighted by atomic mass is 16.6. The third-order valence-electron chi connectivity index (χ3n) is 3.04. The number of aliphatic hydroxyl groups is 2. The fraction of sp³-hybridized carbons (Fsp3) is 0.750. The molecule has 0 spiro atoms. The Kier molecular flexibility index (Phi) is 13.6. The van der Waals surface area contributed by atoms with Crippen molar-refractivity contribution >= 4 is 11.9 Å². The van der Waals surface area contributed by atoms with E-state index in [2.05, 4.69) is 11.3 Å². The van der Waals surface area contributed by atoms with E-state index in [-0.39, 0.29) is 19.2 Å². The van der Waals surface area contributed by atoms with Crippen molar-refractivity contribution in [1.29, 1.82) is 0 Å². The maximum absolute atomic E-state index is 11.4. The van der Waals surface area contributed by atoms with Gasteiger partial charge in [-0.05, 0) is 19.3 Å². The number of esters is 2.